The summed E-state index contributed by atoms with van der Waals surface area (Å²) in [6.07, 6.45) is 6.80. The fourth-order valence-corrected chi connectivity index (χ4v) is 3.94. The Kier molecular flexibility index (Phi) is 4.64. The van der Waals surface area contributed by atoms with Crippen LogP contribution in [-0.4, -0.2) is 48.9 Å². The second-order valence-electron chi connectivity index (χ2n) is 7.59. The van der Waals surface area contributed by atoms with Crippen LogP contribution in [0.4, 0.5) is 5.69 Å². The molecule has 3 aliphatic rings. The normalized spacial score (nSPS) is 21.4. The van der Waals surface area contributed by atoms with Crippen molar-refractivity contribution in [1.82, 2.24) is 10.2 Å². The van der Waals surface area contributed by atoms with E-state index in [0.29, 0.717) is 17.9 Å². The fraction of sp³-hybridized carbons (Fsp3) is 0.600. The molecule has 0 aromatic heterocycles. The van der Waals surface area contributed by atoms with Crippen molar-refractivity contribution < 1.29 is 9.59 Å². The van der Waals surface area contributed by atoms with Gasteiger partial charge in [-0.25, -0.2) is 0 Å². The zero-order valence-corrected chi connectivity index (χ0v) is 14.7. The molecule has 0 spiro atoms. The van der Waals surface area contributed by atoms with Gasteiger partial charge in [0.05, 0.1) is 0 Å². The quantitative estimate of drug-likeness (QED) is 0.915. The second kappa shape index (κ2) is 7.06. The van der Waals surface area contributed by atoms with Gasteiger partial charge in [-0.05, 0) is 49.9 Å². The Hall–Kier alpha value is -2.04. The molecular formula is C20H27N3O2. The zero-order valence-electron chi connectivity index (χ0n) is 14.7. The largest absolute Gasteiger partial charge is 0.368 e. The van der Waals surface area contributed by atoms with Crippen molar-refractivity contribution in [3.63, 3.8) is 0 Å². The summed E-state index contributed by atoms with van der Waals surface area (Å²) >= 11 is 0. The number of hydrogen-bond acceptors (Lipinski definition) is 3. The summed E-state index contributed by atoms with van der Waals surface area (Å²) in [5, 5.41) is 3.13. The number of carbonyl (C=O) groups excluding carboxylic acids is 2. The van der Waals surface area contributed by atoms with Gasteiger partial charge >= 0.3 is 0 Å². The van der Waals surface area contributed by atoms with Gasteiger partial charge in [0, 0.05) is 49.4 Å². The molecule has 134 valence electrons. The van der Waals surface area contributed by atoms with Crippen molar-refractivity contribution in [3.8, 4) is 0 Å². The van der Waals surface area contributed by atoms with E-state index >= 15 is 0 Å². The van der Waals surface area contributed by atoms with Gasteiger partial charge in [0.15, 0.2) is 0 Å². The first kappa shape index (κ1) is 16.4. The third-order valence-electron chi connectivity index (χ3n) is 5.70. The van der Waals surface area contributed by atoms with E-state index in [0.717, 1.165) is 63.1 Å². The predicted molar refractivity (Wildman–Crippen MR) is 97.7 cm³/mol. The van der Waals surface area contributed by atoms with Crippen molar-refractivity contribution in [2.45, 2.75) is 44.6 Å². The third kappa shape index (κ3) is 3.80. The number of piperazine rings is 1. The van der Waals surface area contributed by atoms with E-state index < -0.39 is 0 Å². The summed E-state index contributed by atoms with van der Waals surface area (Å²) in [5.74, 6) is 0.695. The number of benzene rings is 1. The van der Waals surface area contributed by atoms with Crippen LogP contribution in [0, 0.1) is 5.92 Å². The predicted octanol–water partition coefficient (Wildman–Crippen LogP) is 2.42. The highest BCUT2D eigenvalue weighted by molar-refractivity contribution is 5.94. The van der Waals surface area contributed by atoms with E-state index in [9.17, 15) is 9.59 Å². The molecule has 0 radical (unpaired) electrons. The van der Waals surface area contributed by atoms with Gasteiger partial charge in [0.2, 0.25) is 5.91 Å². The molecule has 0 unspecified atom stereocenters. The number of carbonyl (C=O) groups is 2. The summed E-state index contributed by atoms with van der Waals surface area (Å²) in [7, 11) is 0. The van der Waals surface area contributed by atoms with Crippen LogP contribution in [0.5, 0.6) is 0 Å². The smallest absolute Gasteiger partial charge is 0.251 e. The molecular weight excluding hydrogens is 314 g/mol. The van der Waals surface area contributed by atoms with Crippen LogP contribution in [0.1, 0.15) is 48.9 Å². The highest BCUT2D eigenvalue weighted by Crippen LogP contribution is 2.31. The minimum Gasteiger partial charge on any atom is -0.368 e. The topological polar surface area (TPSA) is 52.7 Å². The first-order valence-electron chi connectivity index (χ1n) is 9.65. The Morgan fingerprint density at radius 2 is 1.52 bits per heavy atom. The van der Waals surface area contributed by atoms with Gasteiger partial charge in [-0.15, -0.1) is 0 Å². The molecule has 1 aromatic carbocycles. The Labute approximate surface area is 149 Å². The van der Waals surface area contributed by atoms with Gasteiger partial charge in [0.25, 0.3) is 5.91 Å². The maximum Gasteiger partial charge on any atom is 0.251 e. The number of nitrogens with zero attached hydrogens (tertiary/aromatic N) is 2. The van der Waals surface area contributed by atoms with E-state index in [1.165, 1.54) is 12.8 Å². The molecule has 0 bridgehead atoms. The fourth-order valence-electron chi connectivity index (χ4n) is 3.94. The third-order valence-corrected chi connectivity index (χ3v) is 5.70. The van der Waals surface area contributed by atoms with Crippen LogP contribution in [0.25, 0.3) is 0 Å². The van der Waals surface area contributed by atoms with Crippen LogP contribution >= 0.6 is 0 Å². The molecule has 3 fully saturated rings. The number of rotatable bonds is 4. The molecule has 1 N–H and O–H groups in total. The van der Waals surface area contributed by atoms with E-state index in [1.54, 1.807) is 0 Å². The molecule has 0 atom stereocenters. The average Bonchev–Trinajstić information content (AvgIpc) is 3.39. The van der Waals surface area contributed by atoms with Crippen molar-refractivity contribution in [3.05, 3.63) is 29.8 Å². The molecule has 4 rings (SSSR count). The first-order chi connectivity index (χ1) is 12.2. The van der Waals surface area contributed by atoms with E-state index in [4.69, 9.17) is 0 Å². The molecule has 2 aliphatic carbocycles. The van der Waals surface area contributed by atoms with Crippen LogP contribution in [-0.2, 0) is 4.79 Å². The Balaban J connectivity index is 1.31. The summed E-state index contributed by atoms with van der Waals surface area (Å²) < 4.78 is 0. The highest BCUT2D eigenvalue weighted by Gasteiger charge is 2.34. The number of hydrogen-bond donors (Lipinski definition) is 1. The lowest BCUT2D eigenvalue weighted by Gasteiger charge is -2.36. The lowest BCUT2D eigenvalue weighted by atomic mass is 10.1. The first-order valence-corrected chi connectivity index (χ1v) is 9.65. The summed E-state index contributed by atoms with van der Waals surface area (Å²) in [4.78, 5) is 28.7. The number of amides is 2. The second-order valence-corrected chi connectivity index (χ2v) is 7.59. The lowest BCUT2D eigenvalue weighted by Crippen LogP contribution is -2.49. The van der Waals surface area contributed by atoms with Crippen LogP contribution < -0.4 is 10.2 Å². The summed E-state index contributed by atoms with van der Waals surface area (Å²) in [5.41, 5.74) is 1.87. The van der Waals surface area contributed by atoms with Crippen molar-refractivity contribution >= 4 is 17.5 Å². The molecule has 5 nitrogen and oxygen atoms in total. The summed E-state index contributed by atoms with van der Waals surface area (Å²) in [6.45, 7) is 3.34. The molecule has 1 aliphatic heterocycles. The van der Waals surface area contributed by atoms with Crippen LogP contribution in [0.2, 0.25) is 0 Å². The number of nitrogens with one attached hydrogen (secondary N) is 1. The summed E-state index contributed by atoms with van der Waals surface area (Å²) in [6, 6.07) is 8.25. The van der Waals surface area contributed by atoms with Crippen LogP contribution in [0.3, 0.4) is 0 Å². The SMILES string of the molecule is O=C(NC1CCCC1)c1ccc(N2CCN(C(=O)C3CC3)CC2)cc1. The van der Waals surface area contributed by atoms with Gasteiger partial charge < -0.3 is 15.1 Å². The molecule has 25 heavy (non-hydrogen) atoms. The van der Waals surface area contributed by atoms with E-state index in [2.05, 4.69) is 10.2 Å². The highest BCUT2D eigenvalue weighted by atomic mass is 16.2. The lowest BCUT2D eigenvalue weighted by molar-refractivity contribution is -0.132. The van der Waals surface area contributed by atoms with Gasteiger partial charge in [-0.3, -0.25) is 9.59 Å². The molecule has 1 heterocycles. The monoisotopic (exact) mass is 341 g/mol. The standard InChI is InChI=1S/C20H27N3O2/c24-19(21-17-3-1-2-4-17)15-7-9-18(10-8-15)22-11-13-23(14-12-22)20(25)16-5-6-16/h7-10,16-17H,1-6,11-14H2,(H,21,24). The number of anilines is 1. The maximum atomic E-state index is 12.3. The minimum absolute atomic E-state index is 0.0401. The van der Waals surface area contributed by atoms with Gasteiger partial charge in [0.1, 0.15) is 0 Å². The van der Waals surface area contributed by atoms with Gasteiger partial charge in [-0.2, -0.15) is 0 Å². The Morgan fingerprint density at radius 1 is 0.880 bits per heavy atom. The minimum atomic E-state index is 0.0401. The molecule has 5 heteroatoms. The zero-order chi connectivity index (χ0) is 17.2. The van der Waals surface area contributed by atoms with Crippen molar-refractivity contribution in [2.75, 3.05) is 31.1 Å². The maximum absolute atomic E-state index is 12.3. The van der Waals surface area contributed by atoms with E-state index in [-0.39, 0.29) is 5.91 Å². The molecule has 2 saturated carbocycles. The average molecular weight is 341 g/mol. The molecule has 2 amide bonds. The van der Waals surface area contributed by atoms with E-state index in [1.807, 2.05) is 29.2 Å². The Morgan fingerprint density at radius 3 is 2.12 bits per heavy atom. The van der Waals surface area contributed by atoms with Gasteiger partial charge in [-0.1, -0.05) is 12.8 Å². The van der Waals surface area contributed by atoms with Crippen molar-refractivity contribution in [1.29, 1.82) is 0 Å². The van der Waals surface area contributed by atoms with Crippen molar-refractivity contribution in [2.24, 2.45) is 5.92 Å². The molecule has 1 saturated heterocycles. The molecule has 1 aromatic rings. The van der Waals surface area contributed by atoms with Crippen LogP contribution in [0.15, 0.2) is 24.3 Å². The Bertz CT molecular complexity index is 625.